The number of nitro benzene ring substituents is 1. The highest BCUT2D eigenvalue weighted by molar-refractivity contribution is 7.92. The first-order valence-corrected chi connectivity index (χ1v) is 8.07. The number of sulfonamides is 1. The molecule has 0 spiro atoms. The van der Waals surface area contributed by atoms with Crippen molar-refractivity contribution >= 4 is 32.4 Å². The highest BCUT2D eigenvalue weighted by Gasteiger charge is 2.18. The molecule has 0 saturated carbocycles. The van der Waals surface area contributed by atoms with Crippen LogP contribution >= 0.6 is 0 Å². The molecule has 3 aromatic rings. The first-order valence-electron chi connectivity index (χ1n) is 6.59. The summed E-state index contributed by atoms with van der Waals surface area (Å²) in [5.41, 5.74) is 1.47. The molecule has 1 aromatic heterocycles. The van der Waals surface area contributed by atoms with Crippen molar-refractivity contribution in [2.24, 2.45) is 0 Å². The monoisotopic (exact) mass is 332 g/mol. The molecule has 0 amide bonds. The van der Waals surface area contributed by atoms with Crippen molar-refractivity contribution in [3.63, 3.8) is 0 Å². The highest BCUT2D eigenvalue weighted by Crippen LogP contribution is 2.22. The van der Waals surface area contributed by atoms with Gasteiger partial charge in [0.25, 0.3) is 15.7 Å². The van der Waals surface area contributed by atoms with Gasteiger partial charge in [-0.3, -0.25) is 14.8 Å². The molecule has 1 heterocycles. The number of hydrogen-bond donors (Lipinski definition) is 2. The van der Waals surface area contributed by atoms with Crippen molar-refractivity contribution in [3.05, 3.63) is 58.4 Å². The van der Waals surface area contributed by atoms with Crippen molar-refractivity contribution in [2.75, 3.05) is 4.72 Å². The largest absolute Gasteiger partial charge is 0.342 e. The Labute approximate surface area is 131 Å². The van der Waals surface area contributed by atoms with Gasteiger partial charge in [0.2, 0.25) is 0 Å². The van der Waals surface area contributed by atoms with E-state index in [0.717, 1.165) is 17.4 Å². The number of non-ortho nitro benzene ring substituents is 1. The number of aryl methyl sites for hydroxylation is 1. The Morgan fingerprint density at radius 1 is 1.22 bits per heavy atom. The molecule has 0 unspecified atom stereocenters. The molecule has 2 aromatic carbocycles. The van der Waals surface area contributed by atoms with Gasteiger partial charge in [0, 0.05) is 12.1 Å². The van der Waals surface area contributed by atoms with Gasteiger partial charge in [-0.1, -0.05) is 6.07 Å². The Morgan fingerprint density at radius 3 is 2.74 bits per heavy atom. The summed E-state index contributed by atoms with van der Waals surface area (Å²) >= 11 is 0. The summed E-state index contributed by atoms with van der Waals surface area (Å²) in [4.78, 5) is 17.2. The summed E-state index contributed by atoms with van der Waals surface area (Å²) in [6.07, 6.45) is 0. The van der Waals surface area contributed by atoms with Crippen LogP contribution in [0.5, 0.6) is 0 Å². The van der Waals surface area contributed by atoms with E-state index in [1.165, 1.54) is 18.2 Å². The Bertz CT molecular complexity index is 1010. The predicted molar refractivity (Wildman–Crippen MR) is 84.7 cm³/mol. The normalized spacial score (nSPS) is 11.5. The van der Waals surface area contributed by atoms with Crippen molar-refractivity contribution in [1.82, 2.24) is 9.97 Å². The molecule has 0 saturated heterocycles. The molecule has 8 nitrogen and oxygen atoms in total. The minimum atomic E-state index is -3.92. The number of benzene rings is 2. The number of imidazole rings is 1. The predicted octanol–water partition coefficient (Wildman–Crippen LogP) is 2.58. The van der Waals surface area contributed by atoms with Crippen LogP contribution in [0.3, 0.4) is 0 Å². The molecule has 118 valence electrons. The highest BCUT2D eigenvalue weighted by atomic mass is 32.2. The molecule has 0 fully saturated rings. The second kappa shape index (κ2) is 5.36. The smallest absolute Gasteiger partial charge is 0.270 e. The third-order valence-electron chi connectivity index (χ3n) is 3.19. The van der Waals surface area contributed by atoms with Crippen LogP contribution in [0.4, 0.5) is 11.4 Å². The molecule has 23 heavy (non-hydrogen) atoms. The van der Waals surface area contributed by atoms with E-state index < -0.39 is 14.9 Å². The van der Waals surface area contributed by atoms with Crippen LogP contribution < -0.4 is 4.72 Å². The van der Waals surface area contributed by atoms with Crippen molar-refractivity contribution in [1.29, 1.82) is 0 Å². The molecular formula is C14H12N4O4S. The Kier molecular flexibility index (Phi) is 3.49. The maximum atomic E-state index is 12.4. The van der Waals surface area contributed by atoms with E-state index >= 15 is 0 Å². The molecule has 0 radical (unpaired) electrons. The van der Waals surface area contributed by atoms with Gasteiger partial charge >= 0.3 is 0 Å². The van der Waals surface area contributed by atoms with Crippen LogP contribution in [0.2, 0.25) is 0 Å². The SMILES string of the molecule is Cc1nc2ccc(NS(=O)(=O)c3cccc([N+](=O)[O-])c3)cc2[nH]1. The van der Waals surface area contributed by atoms with Crippen molar-refractivity contribution < 1.29 is 13.3 Å². The number of nitrogens with one attached hydrogen (secondary N) is 2. The molecule has 0 aliphatic heterocycles. The third kappa shape index (κ3) is 2.99. The van der Waals surface area contributed by atoms with Gasteiger partial charge in [0.1, 0.15) is 5.82 Å². The van der Waals surface area contributed by atoms with Gasteiger partial charge < -0.3 is 4.98 Å². The van der Waals surface area contributed by atoms with Crippen LogP contribution in [0, 0.1) is 17.0 Å². The number of fused-ring (bicyclic) bond motifs is 1. The van der Waals surface area contributed by atoms with E-state index in [1.54, 1.807) is 25.1 Å². The van der Waals surface area contributed by atoms with E-state index in [0.29, 0.717) is 11.2 Å². The number of H-pyrrole nitrogens is 1. The average Bonchev–Trinajstić information content (AvgIpc) is 2.86. The topological polar surface area (TPSA) is 118 Å². The molecule has 2 N–H and O–H groups in total. The lowest BCUT2D eigenvalue weighted by Gasteiger charge is -2.08. The molecule has 9 heteroatoms. The van der Waals surface area contributed by atoms with Gasteiger partial charge in [-0.25, -0.2) is 13.4 Å². The van der Waals surface area contributed by atoms with Gasteiger partial charge in [-0.05, 0) is 31.2 Å². The minimum absolute atomic E-state index is 0.174. The van der Waals surface area contributed by atoms with Gasteiger partial charge in [-0.2, -0.15) is 0 Å². The lowest BCUT2D eigenvalue weighted by Crippen LogP contribution is -2.13. The number of aromatic amines is 1. The van der Waals surface area contributed by atoms with E-state index in [-0.39, 0.29) is 10.6 Å². The minimum Gasteiger partial charge on any atom is -0.342 e. The zero-order valence-electron chi connectivity index (χ0n) is 12.0. The number of rotatable bonds is 4. The van der Waals surface area contributed by atoms with E-state index in [2.05, 4.69) is 14.7 Å². The molecule has 3 rings (SSSR count). The third-order valence-corrected chi connectivity index (χ3v) is 4.57. The van der Waals surface area contributed by atoms with Crippen LogP contribution in [-0.4, -0.2) is 23.3 Å². The first-order chi connectivity index (χ1) is 10.8. The Balaban J connectivity index is 1.95. The van der Waals surface area contributed by atoms with Gasteiger partial charge in [0.15, 0.2) is 0 Å². The molecule has 0 aliphatic carbocycles. The summed E-state index contributed by atoms with van der Waals surface area (Å²) < 4.78 is 27.1. The summed E-state index contributed by atoms with van der Waals surface area (Å²) in [6, 6.07) is 9.76. The molecular weight excluding hydrogens is 320 g/mol. The van der Waals surface area contributed by atoms with Crippen LogP contribution in [-0.2, 0) is 10.0 Å². The summed E-state index contributed by atoms with van der Waals surface area (Å²) in [6.45, 7) is 1.80. The van der Waals surface area contributed by atoms with Gasteiger partial charge in [-0.15, -0.1) is 0 Å². The lowest BCUT2D eigenvalue weighted by molar-refractivity contribution is -0.385. The number of nitro groups is 1. The standard InChI is InChI=1S/C14H12N4O4S/c1-9-15-13-6-5-10(7-14(13)16-9)17-23(21,22)12-4-2-3-11(8-12)18(19)20/h2-8,17H,1H3,(H,15,16). The average molecular weight is 332 g/mol. The number of anilines is 1. The maximum Gasteiger partial charge on any atom is 0.270 e. The van der Waals surface area contributed by atoms with Crippen LogP contribution in [0.1, 0.15) is 5.82 Å². The Hall–Kier alpha value is -2.94. The van der Waals surface area contributed by atoms with Crippen LogP contribution in [0.15, 0.2) is 47.4 Å². The van der Waals surface area contributed by atoms with E-state index in [4.69, 9.17) is 0 Å². The first kappa shape index (κ1) is 15.0. The Morgan fingerprint density at radius 2 is 2.00 bits per heavy atom. The fourth-order valence-electron chi connectivity index (χ4n) is 2.18. The fraction of sp³-hybridized carbons (Fsp3) is 0.0714. The molecule has 0 bridgehead atoms. The zero-order chi connectivity index (χ0) is 16.6. The number of aromatic nitrogens is 2. The lowest BCUT2D eigenvalue weighted by atomic mass is 10.3. The summed E-state index contributed by atoms with van der Waals surface area (Å²) in [5, 5.41) is 10.8. The van der Waals surface area contributed by atoms with Crippen LogP contribution in [0.25, 0.3) is 11.0 Å². The van der Waals surface area contributed by atoms with E-state index in [1.807, 2.05) is 0 Å². The quantitative estimate of drug-likeness (QED) is 0.562. The van der Waals surface area contributed by atoms with Gasteiger partial charge in [0.05, 0.1) is 26.5 Å². The van der Waals surface area contributed by atoms with Crippen molar-refractivity contribution in [3.8, 4) is 0 Å². The van der Waals surface area contributed by atoms with E-state index in [9.17, 15) is 18.5 Å². The maximum absolute atomic E-state index is 12.4. The fourth-order valence-corrected chi connectivity index (χ4v) is 3.27. The second-order valence-electron chi connectivity index (χ2n) is 4.91. The number of nitrogens with zero attached hydrogens (tertiary/aromatic N) is 2. The van der Waals surface area contributed by atoms with Crippen molar-refractivity contribution in [2.45, 2.75) is 11.8 Å². The number of hydrogen-bond acceptors (Lipinski definition) is 5. The molecule has 0 atom stereocenters. The summed E-state index contributed by atoms with van der Waals surface area (Å²) in [7, 11) is -3.92. The molecule has 0 aliphatic rings. The zero-order valence-corrected chi connectivity index (χ0v) is 12.8. The summed E-state index contributed by atoms with van der Waals surface area (Å²) in [5.74, 6) is 0.721. The second-order valence-corrected chi connectivity index (χ2v) is 6.60.